The van der Waals surface area contributed by atoms with Crippen molar-refractivity contribution in [1.29, 1.82) is 0 Å². The van der Waals surface area contributed by atoms with E-state index in [9.17, 15) is 14.7 Å². The Morgan fingerprint density at radius 3 is 2.17 bits per heavy atom. The Kier molecular flexibility index (Phi) is 5.29. The molecule has 1 unspecified atom stereocenters. The highest BCUT2D eigenvalue weighted by Crippen LogP contribution is 2.27. The first-order chi connectivity index (χ1) is 10.8. The van der Waals surface area contributed by atoms with E-state index in [2.05, 4.69) is 0 Å². The fourth-order valence-electron chi connectivity index (χ4n) is 2.37. The lowest BCUT2D eigenvalue weighted by Crippen LogP contribution is -2.10. The largest absolute Gasteiger partial charge is 0.478 e. The van der Waals surface area contributed by atoms with Crippen molar-refractivity contribution in [3.05, 3.63) is 68.7 Å². The Balaban J connectivity index is 2.30. The molecule has 2 aromatic carbocycles. The topological polar surface area (TPSA) is 74.6 Å². The molecule has 0 saturated carbocycles. The Morgan fingerprint density at radius 2 is 1.61 bits per heavy atom. The molecule has 0 aliphatic rings. The van der Waals surface area contributed by atoms with Crippen molar-refractivity contribution in [1.82, 2.24) is 0 Å². The van der Waals surface area contributed by atoms with Crippen molar-refractivity contribution < 1.29 is 19.8 Å². The van der Waals surface area contributed by atoms with Gasteiger partial charge < -0.3 is 10.2 Å². The van der Waals surface area contributed by atoms with Gasteiger partial charge in [0.2, 0.25) is 0 Å². The fraction of sp³-hybridized carbons (Fsp3) is 0.176. The van der Waals surface area contributed by atoms with Gasteiger partial charge in [-0.15, -0.1) is 0 Å². The molecule has 0 aliphatic heterocycles. The van der Waals surface area contributed by atoms with E-state index in [0.29, 0.717) is 16.5 Å². The van der Waals surface area contributed by atoms with E-state index in [1.54, 1.807) is 18.2 Å². The lowest BCUT2D eigenvalue weighted by atomic mass is 9.91. The third kappa shape index (κ3) is 4.03. The summed E-state index contributed by atoms with van der Waals surface area (Å²) in [5, 5.41) is 19.2. The van der Waals surface area contributed by atoms with E-state index in [4.69, 9.17) is 28.3 Å². The molecule has 23 heavy (non-hydrogen) atoms. The van der Waals surface area contributed by atoms with Gasteiger partial charge in [0.1, 0.15) is 0 Å². The minimum atomic E-state index is -1.26. The Labute approximate surface area is 143 Å². The molecule has 2 aromatic rings. The molecule has 0 amide bonds. The molecule has 2 rings (SSSR count). The van der Waals surface area contributed by atoms with Gasteiger partial charge in [0.05, 0.1) is 21.2 Å². The van der Waals surface area contributed by atoms with Crippen LogP contribution in [0, 0.1) is 0 Å². The van der Waals surface area contributed by atoms with Crippen LogP contribution in [0.1, 0.15) is 44.7 Å². The van der Waals surface area contributed by atoms with Crippen LogP contribution in [0.3, 0.4) is 0 Å². The second kappa shape index (κ2) is 7.02. The van der Waals surface area contributed by atoms with Crippen molar-refractivity contribution >= 4 is 35.1 Å². The van der Waals surface area contributed by atoms with Gasteiger partial charge in [-0.05, 0) is 47.7 Å². The van der Waals surface area contributed by atoms with Crippen LogP contribution in [-0.4, -0.2) is 22.2 Å². The monoisotopic (exact) mass is 352 g/mol. The van der Waals surface area contributed by atoms with E-state index in [1.165, 1.54) is 12.1 Å². The number of carboxylic acid groups (broad SMARTS) is 2. The van der Waals surface area contributed by atoms with Crippen LogP contribution in [0.15, 0.2) is 36.4 Å². The molecule has 0 radical (unpaired) electrons. The van der Waals surface area contributed by atoms with E-state index in [1.807, 2.05) is 13.0 Å². The second-order valence-corrected chi connectivity index (χ2v) is 6.08. The molecule has 0 heterocycles. The quantitative estimate of drug-likeness (QED) is 0.814. The van der Waals surface area contributed by atoms with E-state index < -0.39 is 11.9 Å². The van der Waals surface area contributed by atoms with Crippen LogP contribution in [0.2, 0.25) is 10.0 Å². The van der Waals surface area contributed by atoms with Crippen molar-refractivity contribution in [3.63, 3.8) is 0 Å². The van der Waals surface area contributed by atoms with Crippen LogP contribution in [0.5, 0.6) is 0 Å². The zero-order chi connectivity index (χ0) is 17.1. The molecule has 0 spiro atoms. The smallest absolute Gasteiger partial charge is 0.336 e. The summed E-state index contributed by atoms with van der Waals surface area (Å²) in [6.07, 6.45) is 0.627. The van der Waals surface area contributed by atoms with Gasteiger partial charge in [-0.1, -0.05) is 42.3 Å². The first kappa shape index (κ1) is 17.3. The number of aromatic carboxylic acids is 2. The molecule has 4 nitrogen and oxygen atoms in total. The van der Waals surface area contributed by atoms with Gasteiger partial charge in [0.25, 0.3) is 0 Å². The van der Waals surface area contributed by atoms with E-state index >= 15 is 0 Å². The molecule has 1 atom stereocenters. The van der Waals surface area contributed by atoms with Crippen LogP contribution in [-0.2, 0) is 6.42 Å². The number of benzene rings is 2. The van der Waals surface area contributed by atoms with Gasteiger partial charge in [0, 0.05) is 0 Å². The predicted molar refractivity (Wildman–Crippen MR) is 88.9 cm³/mol. The van der Waals surface area contributed by atoms with Crippen molar-refractivity contribution in [3.8, 4) is 0 Å². The Bertz CT molecular complexity index is 771. The highest BCUT2D eigenvalue weighted by Gasteiger charge is 2.18. The summed E-state index contributed by atoms with van der Waals surface area (Å²) in [6, 6.07) is 9.71. The minimum absolute atomic E-state index is 0.00631. The van der Waals surface area contributed by atoms with E-state index in [-0.39, 0.29) is 17.0 Å². The lowest BCUT2D eigenvalue weighted by Gasteiger charge is -2.14. The van der Waals surface area contributed by atoms with E-state index in [0.717, 1.165) is 11.1 Å². The summed E-state index contributed by atoms with van der Waals surface area (Å²) in [6.45, 7) is 1.93. The number of carbonyl (C=O) groups is 2. The predicted octanol–water partition coefficient (Wildman–Crippen LogP) is 4.74. The summed E-state index contributed by atoms with van der Waals surface area (Å²) in [5.41, 5.74) is 1.28. The minimum Gasteiger partial charge on any atom is -0.478 e. The molecular formula is C17H14Cl2O4. The zero-order valence-electron chi connectivity index (χ0n) is 12.2. The lowest BCUT2D eigenvalue weighted by molar-refractivity contribution is 0.0651. The average molecular weight is 353 g/mol. The van der Waals surface area contributed by atoms with Crippen molar-refractivity contribution in [2.45, 2.75) is 19.3 Å². The molecule has 0 saturated heterocycles. The molecule has 0 bridgehead atoms. The maximum atomic E-state index is 11.2. The molecule has 0 aromatic heterocycles. The van der Waals surface area contributed by atoms with Crippen LogP contribution in [0.25, 0.3) is 0 Å². The number of carboxylic acids is 2. The number of rotatable bonds is 5. The fourth-order valence-corrected chi connectivity index (χ4v) is 2.69. The average Bonchev–Trinajstić information content (AvgIpc) is 2.50. The molecular weight excluding hydrogens is 339 g/mol. The standard InChI is InChI=1S/C17H14Cl2O4/c1-9(6-10-2-5-14(18)15(19)7-10)11-3-4-12(16(20)21)13(8-11)17(22)23/h2-5,7-9H,6H2,1H3,(H,20,21)(H,22,23). The number of halogens is 2. The van der Waals surface area contributed by atoms with Gasteiger partial charge in [-0.2, -0.15) is 0 Å². The van der Waals surface area contributed by atoms with Crippen molar-refractivity contribution in [2.24, 2.45) is 0 Å². The summed E-state index contributed by atoms with van der Waals surface area (Å²) < 4.78 is 0. The number of hydrogen-bond acceptors (Lipinski definition) is 2. The van der Waals surface area contributed by atoms with Crippen LogP contribution >= 0.6 is 23.2 Å². The van der Waals surface area contributed by atoms with Gasteiger partial charge in [0.15, 0.2) is 0 Å². The number of hydrogen-bond donors (Lipinski definition) is 2. The third-order valence-electron chi connectivity index (χ3n) is 3.60. The van der Waals surface area contributed by atoms with Gasteiger partial charge in [-0.3, -0.25) is 0 Å². The summed E-state index contributed by atoms with van der Waals surface area (Å²) in [4.78, 5) is 22.3. The highest BCUT2D eigenvalue weighted by molar-refractivity contribution is 6.42. The molecule has 0 aliphatic carbocycles. The first-order valence-electron chi connectivity index (χ1n) is 6.84. The maximum Gasteiger partial charge on any atom is 0.336 e. The first-order valence-corrected chi connectivity index (χ1v) is 7.59. The third-order valence-corrected chi connectivity index (χ3v) is 4.34. The zero-order valence-corrected chi connectivity index (χ0v) is 13.7. The van der Waals surface area contributed by atoms with Gasteiger partial charge in [-0.25, -0.2) is 9.59 Å². The Hall–Kier alpha value is -2.04. The van der Waals surface area contributed by atoms with Crippen LogP contribution < -0.4 is 0 Å². The van der Waals surface area contributed by atoms with Crippen molar-refractivity contribution in [2.75, 3.05) is 0 Å². The normalized spacial score (nSPS) is 12.0. The second-order valence-electron chi connectivity index (χ2n) is 5.27. The molecule has 120 valence electrons. The molecule has 0 fully saturated rings. The maximum absolute atomic E-state index is 11.2. The van der Waals surface area contributed by atoms with Crippen LogP contribution in [0.4, 0.5) is 0 Å². The summed E-state index contributed by atoms with van der Waals surface area (Å²) in [7, 11) is 0. The summed E-state index contributed by atoms with van der Waals surface area (Å²) >= 11 is 11.9. The SMILES string of the molecule is CC(Cc1ccc(Cl)c(Cl)c1)c1ccc(C(=O)O)c(C(=O)O)c1. The Morgan fingerprint density at radius 1 is 0.957 bits per heavy atom. The molecule has 6 heteroatoms. The van der Waals surface area contributed by atoms with Gasteiger partial charge >= 0.3 is 11.9 Å². The molecule has 2 N–H and O–H groups in total. The highest BCUT2D eigenvalue weighted by atomic mass is 35.5. The summed E-state index contributed by atoms with van der Waals surface area (Å²) in [5.74, 6) is -2.52.